The van der Waals surface area contributed by atoms with E-state index in [1.165, 1.54) is 17.4 Å². The van der Waals surface area contributed by atoms with Gasteiger partial charge in [-0.25, -0.2) is 8.42 Å². The minimum atomic E-state index is -3.73. The Morgan fingerprint density at radius 2 is 2.15 bits per heavy atom. The molecule has 1 unspecified atom stereocenters. The summed E-state index contributed by atoms with van der Waals surface area (Å²) in [6, 6.07) is 2.74. The van der Waals surface area contributed by atoms with Gasteiger partial charge >= 0.3 is 0 Å². The molecule has 0 bridgehead atoms. The van der Waals surface area contributed by atoms with Crippen LogP contribution in [0.15, 0.2) is 17.0 Å². The van der Waals surface area contributed by atoms with Crippen LogP contribution in [0.4, 0.5) is 0 Å². The van der Waals surface area contributed by atoms with Crippen LogP contribution in [-0.2, 0) is 21.3 Å². The molecule has 1 aliphatic rings. The summed E-state index contributed by atoms with van der Waals surface area (Å²) in [5.74, 6) is 0. The third-order valence-electron chi connectivity index (χ3n) is 3.38. The number of hydrogen-bond acceptors (Lipinski definition) is 4. The standard InChI is InChI=1S/C12H16Cl2N2O3S/c1-16(10-2-3-19-7-10)20(17,18)11-5-9(13)4-8(6-15)12(11)14/h4-5,10H,2-3,6-7,15H2,1H3. The number of nitrogens with zero attached hydrogens (tertiary/aromatic N) is 1. The van der Waals surface area contributed by atoms with Gasteiger partial charge < -0.3 is 10.5 Å². The summed E-state index contributed by atoms with van der Waals surface area (Å²) >= 11 is 12.1. The zero-order chi connectivity index (χ0) is 14.9. The van der Waals surface area contributed by atoms with E-state index < -0.39 is 10.0 Å². The Labute approximate surface area is 128 Å². The number of rotatable bonds is 4. The molecule has 1 aromatic rings. The lowest BCUT2D eigenvalue weighted by Gasteiger charge is -2.23. The Bertz CT molecular complexity index is 601. The van der Waals surface area contributed by atoms with Crippen molar-refractivity contribution in [2.24, 2.45) is 5.73 Å². The van der Waals surface area contributed by atoms with E-state index in [0.29, 0.717) is 30.2 Å². The van der Waals surface area contributed by atoms with Gasteiger partial charge in [0.25, 0.3) is 0 Å². The second-order valence-electron chi connectivity index (χ2n) is 4.62. The largest absolute Gasteiger partial charge is 0.380 e. The minimum absolute atomic E-state index is 0.0125. The second-order valence-corrected chi connectivity index (χ2v) is 7.40. The first kappa shape index (κ1) is 16.0. The van der Waals surface area contributed by atoms with Gasteiger partial charge in [0.15, 0.2) is 0 Å². The molecule has 0 radical (unpaired) electrons. The van der Waals surface area contributed by atoms with E-state index >= 15 is 0 Å². The minimum Gasteiger partial charge on any atom is -0.380 e. The smallest absolute Gasteiger partial charge is 0.244 e. The highest BCUT2D eigenvalue weighted by Gasteiger charge is 2.32. The Hall–Kier alpha value is -0.370. The van der Waals surface area contributed by atoms with Gasteiger partial charge in [0.05, 0.1) is 17.7 Å². The molecule has 0 aromatic heterocycles. The molecule has 0 aliphatic carbocycles. The number of hydrogen-bond donors (Lipinski definition) is 1. The summed E-state index contributed by atoms with van der Waals surface area (Å²) in [4.78, 5) is -0.0125. The molecule has 1 aliphatic heterocycles. The van der Waals surface area contributed by atoms with E-state index in [9.17, 15) is 8.42 Å². The first-order chi connectivity index (χ1) is 9.37. The van der Waals surface area contributed by atoms with Gasteiger partial charge in [0.1, 0.15) is 4.90 Å². The molecule has 20 heavy (non-hydrogen) atoms. The average molecular weight is 339 g/mol. The maximum atomic E-state index is 12.6. The molecule has 0 amide bonds. The van der Waals surface area contributed by atoms with E-state index in [1.54, 1.807) is 6.07 Å². The van der Waals surface area contributed by atoms with Crippen LogP contribution in [0.2, 0.25) is 10.0 Å². The first-order valence-corrected chi connectivity index (χ1v) is 8.31. The van der Waals surface area contributed by atoms with Crippen LogP contribution in [0.3, 0.4) is 0 Å². The van der Waals surface area contributed by atoms with Gasteiger partial charge in [0.2, 0.25) is 10.0 Å². The van der Waals surface area contributed by atoms with Crippen molar-refractivity contribution in [3.63, 3.8) is 0 Å². The molecule has 1 heterocycles. The SMILES string of the molecule is CN(C1CCOC1)S(=O)(=O)c1cc(Cl)cc(CN)c1Cl. The fourth-order valence-electron chi connectivity index (χ4n) is 2.11. The van der Waals surface area contributed by atoms with Crippen molar-refractivity contribution < 1.29 is 13.2 Å². The van der Waals surface area contributed by atoms with Crippen LogP contribution in [0.5, 0.6) is 0 Å². The number of likely N-dealkylation sites (N-methyl/N-ethyl adjacent to an activating group) is 1. The molecular formula is C12H16Cl2N2O3S. The van der Waals surface area contributed by atoms with Crippen molar-refractivity contribution in [2.75, 3.05) is 20.3 Å². The Balaban J connectivity index is 2.45. The third kappa shape index (κ3) is 2.95. The van der Waals surface area contributed by atoms with Crippen LogP contribution >= 0.6 is 23.2 Å². The highest BCUT2D eigenvalue weighted by atomic mass is 35.5. The topological polar surface area (TPSA) is 72.6 Å². The molecule has 1 aromatic carbocycles. The van der Waals surface area contributed by atoms with Crippen LogP contribution in [-0.4, -0.2) is 39.0 Å². The summed E-state index contributed by atoms with van der Waals surface area (Å²) in [5, 5.41) is 0.423. The summed E-state index contributed by atoms with van der Waals surface area (Å²) in [6.45, 7) is 1.07. The highest BCUT2D eigenvalue weighted by Crippen LogP contribution is 2.32. The molecule has 1 saturated heterocycles. The van der Waals surface area contributed by atoms with Gasteiger partial charge in [-0.05, 0) is 24.1 Å². The summed E-state index contributed by atoms with van der Waals surface area (Å²) in [6.07, 6.45) is 0.664. The molecule has 8 heteroatoms. The Morgan fingerprint density at radius 1 is 1.45 bits per heavy atom. The van der Waals surface area contributed by atoms with E-state index in [4.69, 9.17) is 33.7 Å². The lowest BCUT2D eigenvalue weighted by atomic mass is 10.2. The molecule has 1 atom stereocenters. The molecular weight excluding hydrogens is 323 g/mol. The van der Waals surface area contributed by atoms with Crippen LogP contribution in [0.1, 0.15) is 12.0 Å². The van der Waals surface area contributed by atoms with Crippen LogP contribution < -0.4 is 5.73 Å². The van der Waals surface area contributed by atoms with Crippen molar-refractivity contribution in [3.05, 3.63) is 27.7 Å². The van der Waals surface area contributed by atoms with Crippen LogP contribution in [0, 0.1) is 0 Å². The van der Waals surface area contributed by atoms with Gasteiger partial charge in [-0.2, -0.15) is 4.31 Å². The van der Waals surface area contributed by atoms with Crippen molar-refractivity contribution >= 4 is 33.2 Å². The zero-order valence-electron chi connectivity index (χ0n) is 11.0. The number of sulfonamides is 1. The average Bonchev–Trinajstić information content (AvgIpc) is 2.93. The second kappa shape index (κ2) is 6.17. The van der Waals surface area contributed by atoms with Gasteiger partial charge in [-0.3, -0.25) is 0 Å². The monoisotopic (exact) mass is 338 g/mol. The normalized spacial score (nSPS) is 19.8. The predicted molar refractivity (Wildman–Crippen MR) is 78.5 cm³/mol. The molecule has 2 N–H and O–H groups in total. The van der Waals surface area contributed by atoms with Crippen molar-refractivity contribution in [1.29, 1.82) is 0 Å². The van der Waals surface area contributed by atoms with Gasteiger partial charge in [-0.1, -0.05) is 23.2 Å². The molecule has 0 saturated carbocycles. The summed E-state index contributed by atoms with van der Waals surface area (Å²) in [7, 11) is -2.20. The fourth-order valence-corrected chi connectivity index (χ4v) is 4.40. The lowest BCUT2D eigenvalue weighted by molar-refractivity contribution is 0.181. The van der Waals surface area contributed by atoms with Crippen molar-refractivity contribution in [2.45, 2.75) is 23.9 Å². The Kier molecular flexibility index (Phi) is 4.94. The maximum absolute atomic E-state index is 12.6. The van der Waals surface area contributed by atoms with Gasteiger partial charge in [-0.15, -0.1) is 0 Å². The molecule has 5 nitrogen and oxygen atoms in total. The number of benzene rings is 1. The van der Waals surface area contributed by atoms with Gasteiger partial charge in [0, 0.05) is 25.2 Å². The zero-order valence-corrected chi connectivity index (χ0v) is 13.3. The summed E-state index contributed by atoms with van der Waals surface area (Å²) in [5.41, 5.74) is 6.07. The van der Waals surface area contributed by atoms with E-state index in [-0.39, 0.29) is 22.5 Å². The van der Waals surface area contributed by atoms with Crippen molar-refractivity contribution in [1.82, 2.24) is 4.31 Å². The Morgan fingerprint density at radius 3 is 2.70 bits per heavy atom. The first-order valence-electron chi connectivity index (χ1n) is 6.11. The lowest BCUT2D eigenvalue weighted by Crippen LogP contribution is -2.37. The van der Waals surface area contributed by atoms with E-state index in [0.717, 1.165) is 0 Å². The number of halogens is 2. The van der Waals surface area contributed by atoms with Crippen LogP contribution in [0.25, 0.3) is 0 Å². The highest BCUT2D eigenvalue weighted by molar-refractivity contribution is 7.89. The number of ether oxygens (including phenoxy) is 1. The molecule has 2 rings (SSSR count). The van der Waals surface area contributed by atoms with E-state index in [1.807, 2.05) is 0 Å². The fraction of sp³-hybridized carbons (Fsp3) is 0.500. The quantitative estimate of drug-likeness (QED) is 0.909. The number of nitrogens with two attached hydrogens (primary N) is 1. The molecule has 0 spiro atoms. The third-order valence-corrected chi connectivity index (χ3v) is 6.09. The van der Waals surface area contributed by atoms with E-state index in [2.05, 4.69) is 0 Å². The predicted octanol–water partition coefficient (Wildman–Crippen LogP) is 1.86. The molecule has 112 valence electrons. The molecule has 1 fully saturated rings. The summed E-state index contributed by atoms with van der Waals surface area (Å²) < 4.78 is 31.8. The maximum Gasteiger partial charge on any atom is 0.244 e. The van der Waals surface area contributed by atoms with Crippen molar-refractivity contribution in [3.8, 4) is 0 Å².